The van der Waals surface area contributed by atoms with Gasteiger partial charge in [0.05, 0.1) is 12.5 Å². The van der Waals surface area contributed by atoms with Crippen molar-refractivity contribution < 1.29 is 4.79 Å². The summed E-state index contributed by atoms with van der Waals surface area (Å²) < 4.78 is 1.97. The van der Waals surface area contributed by atoms with E-state index in [1.165, 1.54) is 0 Å². The van der Waals surface area contributed by atoms with E-state index >= 15 is 0 Å². The number of carbonyl (C=O) groups is 1. The predicted octanol–water partition coefficient (Wildman–Crippen LogP) is 0.626. The van der Waals surface area contributed by atoms with Gasteiger partial charge in [-0.15, -0.1) is 0 Å². The quantitative estimate of drug-likeness (QED) is 0.464. The molecule has 1 aromatic heterocycles. The van der Waals surface area contributed by atoms with Crippen LogP contribution in [0.2, 0.25) is 0 Å². The molecule has 1 amide bonds. The van der Waals surface area contributed by atoms with Crippen LogP contribution in [0.15, 0.2) is 42.7 Å². The van der Waals surface area contributed by atoms with Crippen LogP contribution in [0.4, 0.5) is 0 Å². The fourth-order valence-corrected chi connectivity index (χ4v) is 2.29. The van der Waals surface area contributed by atoms with Crippen LogP contribution in [0, 0.1) is 0 Å². The molecule has 1 atom stereocenters. The van der Waals surface area contributed by atoms with Crippen LogP contribution in [0.3, 0.4) is 0 Å². The summed E-state index contributed by atoms with van der Waals surface area (Å²) in [7, 11) is 3.92. The number of nitrogens with zero attached hydrogens (tertiary/aromatic N) is 3. The molecular weight excluding hydrogens is 266 g/mol. The molecule has 2 rings (SSSR count). The van der Waals surface area contributed by atoms with Crippen molar-refractivity contribution in [1.29, 1.82) is 0 Å². The third-order valence-corrected chi connectivity index (χ3v) is 3.49. The lowest BCUT2D eigenvalue weighted by atomic mass is 9.98. The van der Waals surface area contributed by atoms with Crippen molar-refractivity contribution in [3.05, 3.63) is 54.1 Å². The Morgan fingerprint density at radius 3 is 2.71 bits per heavy atom. The molecule has 0 spiro atoms. The van der Waals surface area contributed by atoms with Crippen molar-refractivity contribution in [1.82, 2.24) is 19.9 Å². The van der Waals surface area contributed by atoms with Gasteiger partial charge in [0.1, 0.15) is 5.82 Å². The molecule has 0 aliphatic heterocycles. The van der Waals surface area contributed by atoms with Crippen LogP contribution in [0.5, 0.6) is 0 Å². The molecule has 1 unspecified atom stereocenters. The van der Waals surface area contributed by atoms with Gasteiger partial charge >= 0.3 is 0 Å². The van der Waals surface area contributed by atoms with Gasteiger partial charge < -0.3 is 4.57 Å². The topological polar surface area (TPSA) is 76.2 Å². The summed E-state index contributed by atoms with van der Waals surface area (Å²) in [5, 5.41) is 0. The maximum Gasteiger partial charge on any atom is 0.242 e. The monoisotopic (exact) mass is 287 g/mol. The summed E-state index contributed by atoms with van der Waals surface area (Å²) in [6.45, 7) is 1.24. The smallest absolute Gasteiger partial charge is 0.242 e. The Labute approximate surface area is 124 Å². The van der Waals surface area contributed by atoms with Crippen molar-refractivity contribution in [2.24, 2.45) is 12.9 Å². The summed E-state index contributed by atoms with van der Waals surface area (Å²) in [5.41, 5.74) is 3.20. The van der Waals surface area contributed by atoms with E-state index in [0.717, 1.165) is 11.4 Å². The number of rotatable bonds is 6. The molecule has 2 aromatic rings. The Bertz CT molecular complexity index is 581. The molecule has 6 nitrogen and oxygen atoms in total. The van der Waals surface area contributed by atoms with Gasteiger partial charge in [-0.3, -0.25) is 15.1 Å². The van der Waals surface area contributed by atoms with Crippen LogP contribution in [-0.2, 0) is 18.4 Å². The van der Waals surface area contributed by atoms with E-state index in [4.69, 9.17) is 5.84 Å². The van der Waals surface area contributed by atoms with Crippen LogP contribution >= 0.6 is 0 Å². The minimum Gasteiger partial charge on any atom is -0.337 e. The second-order valence-electron chi connectivity index (χ2n) is 5.12. The number of imidazole rings is 1. The first-order valence-electron chi connectivity index (χ1n) is 6.82. The zero-order valence-corrected chi connectivity index (χ0v) is 12.4. The van der Waals surface area contributed by atoms with Gasteiger partial charge in [-0.2, -0.15) is 0 Å². The van der Waals surface area contributed by atoms with Crippen molar-refractivity contribution in [3.63, 3.8) is 0 Å². The van der Waals surface area contributed by atoms with E-state index in [1.54, 1.807) is 6.20 Å². The highest BCUT2D eigenvalue weighted by Crippen LogP contribution is 2.17. The van der Waals surface area contributed by atoms with Gasteiger partial charge in [0.15, 0.2) is 0 Å². The molecular formula is C15H21N5O. The molecule has 6 heteroatoms. The molecule has 0 saturated heterocycles. The average Bonchev–Trinajstić information content (AvgIpc) is 2.90. The maximum absolute atomic E-state index is 12.0. The molecule has 0 saturated carbocycles. The lowest BCUT2D eigenvalue weighted by Gasteiger charge is -2.23. The number of hydrogen-bond acceptors (Lipinski definition) is 4. The number of nitrogens with one attached hydrogen (secondary N) is 1. The zero-order chi connectivity index (χ0) is 15.2. The standard InChI is InChI=1S/C15H21N5O/c1-19(11-14-17-8-9-20(14)2)10-13(15(21)18-16)12-6-4-3-5-7-12/h3-9,13H,10-11,16H2,1-2H3,(H,18,21). The number of hydrazine groups is 1. The lowest BCUT2D eigenvalue weighted by molar-refractivity contribution is -0.123. The molecule has 0 bridgehead atoms. The molecule has 112 valence electrons. The molecule has 0 aliphatic carbocycles. The Morgan fingerprint density at radius 1 is 1.43 bits per heavy atom. The van der Waals surface area contributed by atoms with Crippen LogP contribution in [0.25, 0.3) is 0 Å². The van der Waals surface area contributed by atoms with Crippen molar-refractivity contribution in [2.75, 3.05) is 13.6 Å². The van der Waals surface area contributed by atoms with Gasteiger partial charge in [0.25, 0.3) is 0 Å². The Balaban J connectivity index is 2.08. The summed E-state index contributed by atoms with van der Waals surface area (Å²) in [5.74, 6) is 5.78. The highest BCUT2D eigenvalue weighted by molar-refractivity contribution is 5.83. The van der Waals surface area contributed by atoms with Gasteiger partial charge in [-0.05, 0) is 12.6 Å². The summed E-state index contributed by atoms with van der Waals surface area (Å²) in [6.07, 6.45) is 3.68. The molecule has 1 heterocycles. The molecule has 0 fully saturated rings. The first-order chi connectivity index (χ1) is 10.1. The molecule has 0 aliphatic rings. The van der Waals surface area contributed by atoms with Crippen LogP contribution in [-0.4, -0.2) is 34.0 Å². The highest BCUT2D eigenvalue weighted by Gasteiger charge is 2.21. The summed E-state index contributed by atoms with van der Waals surface area (Å²) in [4.78, 5) is 18.4. The third-order valence-electron chi connectivity index (χ3n) is 3.49. The van der Waals surface area contributed by atoms with E-state index < -0.39 is 0 Å². The second-order valence-corrected chi connectivity index (χ2v) is 5.12. The zero-order valence-electron chi connectivity index (χ0n) is 12.4. The molecule has 0 radical (unpaired) electrons. The minimum atomic E-state index is -0.304. The van der Waals surface area contributed by atoms with Crippen LogP contribution in [0.1, 0.15) is 17.3 Å². The molecule has 1 aromatic carbocycles. The minimum absolute atomic E-state index is 0.187. The highest BCUT2D eigenvalue weighted by atomic mass is 16.2. The number of nitrogens with two attached hydrogens (primary N) is 1. The van der Waals surface area contributed by atoms with Crippen molar-refractivity contribution >= 4 is 5.91 Å². The van der Waals surface area contributed by atoms with Crippen molar-refractivity contribution in [3.8, 4) is 0 Å². The normalized spacial score (nSPS) is 12.4. The fraction of sp³-hybridized carbons (Fsp3) is 0.333. The van der Waals surface area contributed by atoms with E-state index in [-0.39, 0.29) is 11.8 Å². The number of likely N-dealkylation sites (N-methyl/N-ethyl adjacent to an activating group) is 1. The third kappa shape index (κ3) is 3.90. The SMILES string of the molecule is CN(Cc1nccn1C)CC(C(=O)NN)c1ccccc1. The van der Waals surface area contributed by atoms with E-state index in [9.17, 15) is 4.79 Å². The average molecular weight is 287 g/mol. The summed E-state index contributed by atoms with van der Waals surface area (Å²) >= 11 is 0. The van der Waals surface area contributed by atoms with Crippen molar-refractivity contribution in [2.45, 2.75) is 12.5 Å². The number of carbonyl (C=O) groups excluding carboxylic acids is 1. The predicted molar refractivity (Wildman–Crippen MR) is 81.1 cm³/mol. The number of amides is 1. The molecule has 3 N–H and O–H groups in total. The number of hydrogen-bond donors (Lipinski definition) is 2. The Morgan fingerprint density at radius 2 is 2.14 bits per heavy atom. The largest absolute Gasteiger partial charge is 0.337 e. The molecule has 21 heavy (non-hydrogen) atoms. The first-order valence-corrected chi connectivity index (χ1v) is 6.82. The van der Waals surface area contributed by atoms with E-state index in [2.05, 4.69) is 15.3 Å². The summed E-state index contributed by atoms with van der Waals surface area (Å²) in [6, 6.07) is 9.65. The first kappa shape index (κ1) is 15.2. The van der Waals surface area contributed by atoms with Gasteiger partial charge in [-0.1, -0.05) is 30.3 Å². The van der Waals surface area contributed by atoms with Gasteiger partial charge in [0.2, 0.25) is 5.91 Å². The van der Waals surface area contributed by atoms with Gasteiger partial charge in [0, 0.05) is 26.0 Å². The van der Waals surface area contributed by atoms with E-state index in [1.807, 2.05) is 55.2 Å². The second kappa shape index (κ2) is 7.01. The van der Waals surface area contributed by atoms with Crippen LogP contribution < -0.4 is 11.3 Å². The lowest BCUT2D eigenvalue weighted by Crippen LogP contribution is -2.39. The fourth-order valence-electron chi connectivity index (χ4n) is 2.29. The Hall–Kier alpha value is -2.18. The Kier molecular flexibility index (Phi) is 5.08. The number of aryl methyl sites for hydroxylation is 1. The number of aromatic nitrogens is 2. The van der Waals surface area contributed by atoms with E-state index in [0.29, 0.717) is 13.1 Å². The van der Waals surface area contributed by atoms with Gasteiger partial charge in [-0.25, -0.2) is 10.8 Å². The number of benzene rings is 1. The maximum atomic E-state index is 12.0.